The maximum absolute atomic E-state index is 7.00. The molecule has 0 aromatic carbocycles. The highest BCUT2D eigenvalue weighted by Gasteiger charge is 0.843. The standard InChI is InChI=1S/3CH4O.Al/c3*1-2;/h3*2H,1H3;. The molecule has 0 heterocycles. The third-order valence-corrected chi connectivity index (χ3v) is 0. The highest BCUT2D eigenvalue weighted by molar-refractivity contribution is 5.75. The van der Waals surface area contributed by atoms with Crippen molar-refractivity contribution in [2.45, 2.75) is 0 Å². The molecule has 0 fully saturated rings. The lowest BCUT2D eigenvalue weighted by atomic mass is 11.8. The topological polar surface area (TPSA) is 60.7 Å². The fourth-order valence-corrected chi connectivity index (χ4v) is 0. The van der Waals surface area contributed by atoms with Gasteiger partial charge in [-0.1, -0.05) is 0 Å². The molecular weight excluding hydrogens is 111 g/mol. The summed E-state index contributed by atoms with van der Waals surface area (Å²) < 4.78 is 0. The van der Waals surface area contributed by atoms with E-state index in [1.807, 2.05) is 0 Å². The molecule has 3 radical (unpaired) electrons. The van der Waals surface area contributed by atoms with E-state index in [-0.39, 0.29) is 17.4 Å². The minimum Gasteiger partial charge on any atom is -0.400 e. The van der Waals surface area contributed by atoms with Crippen LogP contribution in [0.4, 0.5) is 0 Å². The quantitative estimate of drug-likeness (QED) is 0.341. The number of rotatable bonds is 0. The summed E-state index contributed by atoms with van der Waals surface area (Å²) in [5, 5.41) is 21.0. The number of hydrogen-bond donors (Lipinski definition) is 3. The molecule has 0 aliphatic carbocycles. The van der Waals surface area contributed by atoms with Crippen molar-refractivity contribution in [2.24, 2.45) is 0 Å². The molecule has 0 rings (SSSR count). The lowest BCUT2D eigenvalue weighted by Gasteiger charge is -1.21. The molecule has 0 amide bonds. The zero-order valence-corrected chi connectivity index (χ0v) is 6.07. The van der Waals surface area contributed by atoms with Crippen molar-refractivity contribution in [2.75, 3.05) is 21.3 Å². The predicted molar refractivity (Wildman–Crippen MR) is 30.2 cm³/mol. The molecule has 45 valence electrons. The second-order valence-corrected chi connectivity index (χ2v) is 0. The van der Waals surface area contributed by atoms with Crippen molar-refractivity contribution in [3.8, 4) is 0 Å². The predicted octanol–water partition coefficient (Wildman–Crippen LogP) is -1.56. The van der Waals surface area contributed by atoms with E-state index in [2.05, 4.69) is 0 Å². The van der Waals surface area contributed by atoms with Crippen LogP contribution in [-0.2, 0) is 0 Å². The van der Waals surface area contributed by atoms with E-state index in [1.54, 1.807) is 0 Å². The van der Waals surface area contributed by atoms with Crippen molar-refractivity contribution in [1.82, 2.24) is 0 Å². The van der Waals surface area contributed by atoms with Crippen LogP contribution in [0.25, 0.3) is 0 Å². The SMILES string of the molecule is CO.CO.CO.[Al]. The second-order valence-electron chi connectivity index (χ2n) is 0. The van der Waals surface area contributed by atoms with E-state index in [0.717, 1.165) is 21.3 Å². The largest absolute Gasteiger partial charge is 0.400 e. The fraction of sp³-hybridized carbons (Fsp3) is 1.00. The van der Waals surface area contributed by atoms with Crippen molar-refractivity contribution < 1.29 is 15.3 Å². The normalized spacial score (nSPS) is 2.57. The van der Waals surface area contributed by atoms with Gasteiger partial charge in [0.05, 0.1) is 0 Å². The highest BCUT2D eigenvalue weighted by atomic mass is 27.0. The van der Waals surface area contributed by atoms with E-state index < -0.39 is 0 Å². The van der Waals surface area contributed by atoms with E-state index in [4.69, 9.17) is 15.3 Å². The van der Waals surface area contributed by atoms with Gasteiger partial charge in [0, 0.05) is 38.7 Å². The molecule has 0 aromatic rings. The van der Waals surface area contributed by atoms with Crippen molar-refractivity contribution >= 4 is 17.4 Å². The molecule has 0 spiro atoms. The Balaban J connectivity index is -0.00000000900. The van der Waals surface area contributed by atoms with Crippen molar-refractivity contribution in [1.29, 1.82) is 0 Å². The van der Waals surface area contributed by atoms with Crippen LogP contribution in [0.15, 0.2) is 0 Å². The average molecular weight is 123 g/mol. The van der Waals surface area contributed by atoms with Crippen LogP contribution < -0.4 is 0 Å². The first kappa shape index (κ1) is 26.2. The van der Waals surface area contributed by atoms with Gasteiger partial charge in [-0.25, -0.2) is 0 Å². The third-order valence-electron chi connectivity index (χ3n) is 0. The highest BCUT2D eigenvalue weighted by Crippen LogP contribution is 0.759. The molecule has 3 nitrogen and oxygen atoms in total. The first-order chi connectivity index (χ1) is 3.00. The Morgan fingerprint density at radius 1 is 0.571 bits per heavy atom. The summed E-state index contributed by atoms with van der Waals surface area (Å²) in [5.74, 6) is 0. The van der Waals surface area contributed by atoms with E-state index in [9.17, 15) is 0 Å². The summed E-state index contributed by atoms with van der Waals surface area (Å²) in [4.78, 5) is 0. The summed E-state index contributed by atoms with van der Waals surface area (Å²) >= 11 is 0. The van der Waals surface area contributed by atoms with Crippen molar-refractivity contribution in [3.05, 3.63) is 0 Å². The van der Waals surface area contributed by atoms with Gasteiger partial charge >= 0.3 is 0 Å². The minimum atomic E-state index is 0. The van der Waals surface area contributed by atoms with Gasteiger partial charge in [0.1, 0.15) is 0 Å². The van der Waals surface area contributed by atoms with Crippen LogP contribution in [0.5, 0.6) is 0 Å². The third kappa shape index (κ3) is 734. The molecule has 0 aliphatic heterocycles. The molecule has 0 saturated carbocycles. The summed E-state index contributed by atoms with van der Waals surface area (Å²) in [6.07, 6.45) is 0. The molecule has 0 bridgehead atoms. The van der Waals surface area contributed by atoms with Gasteiger partial charge < -0.3 is 15.3 Å². The van der Waals surface area contributed by atoms with Gasteiger partial charge in [-0.05, 0) is 0 Å². The van der Waals surface area contributed by atoms with Gasteiger partial charge in [0.2, 0.25) is 0 Å². The Bertz CT molecular complexity index is 10.1. The Morgan fingerprint density at radius 3 is 0.571 bits per heavy atom. The Morgan fingerprint density at radius 2 is 0.571 bits per heavy atom. The Kier molecular flexibility index (Phi) is 4130. The Hall–Kier alpha value is 0.412. The van der Waals surface area contributed by atoms with Crippen LogP contribution in [0.3, 0.4) is 0 Å². The molecule has 0 aromatic heterocycles. The van der Waals surface area contributed by atoms with Gasteiger partial charge in [-0.15, -0.1) is 0 Å². The molecular formula is C3H12AlO3. The van der Waals surface area contributed by atoms with E-state index in [0.29, 0.717) is 0 Å². The first-order valence-corrected chi connectivity index (χ1v) is 1.34. The molecule has 3 N–H and O–H groups in total. The van der Waals surface area contributed by atoms with Crippen LogP contribution in [0.2, 0.25) is 0 Å². The molecule has 4 heteroatoms. The Labute approximate surface area is 54.7 Å². The van der Waals surface area contributed by atoms with Gasteiger partial charge in [0.25, 0.3) is 0 Å². The maximum Gasteiger partial charge on any atom is 0.0319 e. The van der Waals surface area contributed by atoms with Gasteiger partial charge in [-0.2, -0.15) is 0 Å². The van der Waals surface area contributed by atoms with E-state index in [1.165, 1.54) is 0 Å². The zero-order chi connectivity index (χ0) is 6.00. The molecule has 7 heavy (non-hydrogen) atoms. The van der Waals surface area contributed by atoms with Crippen LogP contribution >= 0.6 is 0 Å². The summed E-state index contributed by atoms with van der Waals surface area (Å²) in [7, 11) is 3.00. The van der Waals surface area contributed by atoms with E-state index >= 15 is 0 Å². The fourth-order valence-electron chi connectivity index (χ4n) is 0. The molecule has 0 unspecified atom stereocenters. The monoisotopic (exact) mass is 123 g/mol. The maximum atomic E-state index is 7.00. The average Bonchev–Trinajstić information content (AvgIpc) is 1.81. The summed E-state index contributed by atoms with van der Waals surface area (Å²) in [6, 6.07) is 0. The first-order valence-electron chi connectivity index (χ1n) is 1.34. The lowest BCUT2D eigenvalue weighted by Crippen LogP contribution is -1.25. The number of aliphatic hydroxyl groups excluding tert-OH is 3. The molecule has 0 atom stereocenters. The van der Waals surface area contributed by atoms with Crippen molar-refractivity contribution in [3.63, 3.8) is 0 Å². The molecule has 0 aliphatic rings. The zero-order valence-electron chi connectivity index (χ0n) is 4.92. The number of hydrogen-bond acceptors (Lipinski definition) is 3. The van der Waals surface area contributed by atoms with Crippen LogP contribution in [0, 0.1) is 0 Å². The second kappa shape index (κ2) is 1100. The smallest absolute Gasteiger partial charge is 0.0319 e. The summed E-state index contributed by atoms with van der Waals surface area (Å²) in [5.41, 5.74) is 0. The van der Waals surface area contributed by atoms with Crippen LogP contribution in [-0.4, -0.2) is 54.0 Å². The van der Waals surface area contributed by atoms with Gasteiger partial charge in [-0.3, -0.25) is 0 Å². The lowest BCUT2D eigenvalue weighted by molar-refractivity contribution is 0.399. The van der Waals surface area contributed by atoms with Gasteiger partial charge in [0.15, 0.2) is 0 Å². The minimum absolute atomic E-state index is 0. The summed E-state index contributed by atoms with van der Waals surface area (Å²) in [6.45, 7) is 0. The van der Waals surface area contributed by atoms with Crippen LogP contribution in [0.1, 0.15) is 0 Å². The molecule has 0 saturated heterocycles. The number of aliphatic hydroxyl groups is 3.